The number of hydrogen-bond donors (Lipinski definition) is 4. The zero-order valence-corrected chi connectivity index (χ0v) is 33.7. The van der Waals surface area contributed by atoms with Crippen molar-refractivity contribution in [2.24, 2.45) is 0 Å². The van der Waals surface area contributed by atoms with Gasteiger partial charge in [-0.3, -0.25) is 4.79 Å². The zero-order chi connectivity index (χ0) is 41.7. The summed E-state index contributed by atoms with van der Waals surface area (Å²) >= 11 is 7.37. The normalized spacial score (nSPS) is 12.2. The number of benzene rings is 4. The van der Waals surface area contributed by atoms with Crippen LogP contribution in [-0.2, 0) is 6.54 Å². The Hall–Kier alpha value is -7.11. The third kappa shape index (κ3) is 7.17. The number of thiocarbonyl (C=S) groups is 1. The number of aryl methyl sites for hydroxylation is 1. The second kappa shape index (κ2) is 15.6. The molecule has 0 fully saturated rings. The van der Waals surface area contributed by atoms with E-state index < -0.39 is 5.97 Å². The number of carbonyl (C=O) groups is 1. The molecule has 0 unspecified atom stereocenters. The average molecular weight is 842 g/mol. The first-order chi connectivity index (χ1) is 29.0. The molecule has 17 heteroatoms. The Labute approximate surface area is 350 Å². The summed E-state index contributed by atoms with van der Waals surface area (Å²) in [6.45, 7) is 5.27. The predicted molar refractivity (Wildman–Crippen MR) is 230 cm³/mol. The van der Waals surface area contributed by atoms with Gasteiger partial charge in [0.25, 0.3) is 0 Å². The number of nitrogens with one attached hydrogen (secondary N) is 1. The molecule has 0 radical (unpaired) electrons. The summed E-state index contributed by atoms with van der Waals surface area (Å²) in [5, 5.41) is 25.6. The fourth-order valence-electron chi connectivity index (χ4n) is 7.33. The second-order valence-corrected chi connectivity index (χ2v) is 15.6. The van der Waals surface area contributed by atoms with Crippen LogP contribution in [0.2, 0.25) is 0 Å². The van der Waals surface area contributed by atoms with Gasteiger partial charge in [-0.25, -0.2) is 19.7 Å². The number of aromatic nitrogens is 4. The summed E-state index contributed by atoms with van der Waals surface area (Å²) in [5.41, 5.74) is 10.5. The molecule has 9 rings (SSSR count). The summed E-state index contributed by atoms with van der Waals surface area (Å²) in [5.74, 6) is 1.01. The summed E-state index contributed by atoms with van der Waals surface area (Å²) in [4.78, 5) is 41.5. The third-order valence-electron chi connectivity index (χ3n) is 10.1. The first-order valence-corrected chi connectivity index (χ1v) is 20.0. The van der Waals surface area contributed by atoms with Crippen LogP contribution in [0.25, 0.3) is 55.9 Å². The number of carboxylic acids is 1. The van der Waals surface area contributed by atoms with Crippen LogP contribution in [0.3, 0.4) is 0 Å². The molecule has 60 heavy (non-hydrogen) atoms. The van der Waals surface area contributed by atoms with Gasteiger partial charge in [0.1, 0.15) is 28.9 Å². The molecule has 0 saturated carbocycles. The molecular formula is C43H35N7O8S2. The number of rotatable bonds is 11. The van der Waals surface area contributed by atoms with Gasteiger partial charge in [-0.15, -0.1) is 0 Å². The van der Waals surface area contributed by atoms with Crippen molar-refractivity contribution in [1.29, 1.82) is 0 Å². The van der Waals surface area contributed by atoms with Crippen LogP contribution in [0, 0.1) is 0 Å². The number of nitrogens with two attached hydrogens (primary N) is 1. The molecule has 5 heterocycles. The molecule has 302 valence electrons. The molecular weight excluding hydrogens is 807 g/mol. The second-order valence-electron chi connectivity index (χ2n) is 14.2. The lowest BCUT2D eigenvalue weighted by atomic mass is 9.90. The lowest BCUT2D eigenvalue weighted by Gasteiger charge is -2.30. The number of ether oxygens (including phenoxy) is 2. The molecule has 0 saturated heterocycles. The summed E-state index contributed by atoms with van der Waals surface area (Å²) < 4.78 is 25.1. The van der Waals surface area contributed by atoms with Crippen LogP contribution in [0.1, 0.15) is 30.6 Å². The number of anilines is 2. The van der Waals surface area contributed by atoms with E-state index in [2.05, 4.69) is 19.9 Å². The number of carboxylic acid groups (broad SMARTS) is 1. The molecule has 5 N–H and O–H groups in total. The van der Waals surface area contributed by atoms with E-state index in [9.17, 15) is 19.8 Å². The van der Waals surface area contributed by atoms with Crippen LogP contribution in [0.5, 0.6) is 17.2 Å². The molecule has 2 aliphatic heterocycles. The molecule has 0 atom stereocenters. The smallest absolute Gasteiger partial charge is 0.336 e. The van der Waals surface area contributed by atoms with Crippen molar-refractivity contribution in [3.63, 3.8) is 0 Å². The minimum absolute atomic E-state index is 0.00574. The van der Waals surface area contributed by atoms with Gasteiger partial charge >= 0.3 is 5.97 Å². The summed E-state index contributed by atoms with van der Waals surface area (Å²) in [7, 11) is 0. The van der Waals surface area contributed by atoms with Gasteiger partial charge in [0.05, 0.1) is 22.8 Å². The van der Waals surface area contributed by atoms with Gasteiger partial charge in [-0.2, -0.15) is 0 Å². The number of phenols is 1. The highest BCUT2D eigenvalue weighted by molar-refractivity contribution is 7.99. The fourth-order valence-corrected chi connectivity index (χ4v) is 8.81. The van der Waals surface area contributed by atoms with E-state index >= 15 is 0 Å². The molecule has 0 bridgehead atoms. The molecule has 3 aromatic heterocycles. The maximum atomic E-state index is 12.9. The molecule has 1 aliphatic carbocycles. The SMILES string of the molecule is CC(C)N(CCCn1c(Sc2cc3c(cc2-c2ncco2)OCO3)nc2c(N)nccc21)C(=S)Nc1ccc(-c2c3ccc(=O)cc-3oc3cc(O)ccc23)c(C(=O)O)c1. The van der Waals surface area contributed by atoms with Crippen LogP contribution in [0.15, 0.2) is 115 Å². The van der Waals surface area contributed by atoms with Gasteiger partial charge in [0.2, 0.25) is 12.7 Å². The molecule has 0 amide bonds. The van der Waals surface area contributed by atoms with E-state index in [1.807, 2.05) is 36.9 Å². The highest BCUT2D eigenvalue weighted by Gasteiger charge is 2.26. The molecule has 0 spiro atoms. The number of pyridine rings is 1. The lowest BCUT2D eigenvalue weighted by molar-refractivity contribution is 0.0697. The van der Waals surface area contributed by atoms with E-state index in [4.69, 9.17) is 41.2 Å². The van der Waals surface area contributed by atoms with Crippen LogP contribution in [-0.4, -0.2) is 65.1 Å². The van der Waals surface area contributed by atoms with Crippen LogP contribution in [0.4, 0.5) is 11.5 Å². The number of phenolic OH excluding ortho intramolecular Hbond substituents is 1. The summed E-state index contributed by atoms with van der Waals surface area (Å²) in [6, 6.07) is 19.6. The first kappa shape index (κ1) is 38.4. The number of fused-ring (bicyclic) bond motifs is 4. The van der Waals surface area contributed by atoms with Crippen molar-refractivity contribution in [3.8, 4) is 51.2 Å². The maximum Gasteiger partial charge on any atom is 0.336 e. The molecule has 3 aliphatic rings. The maximum absolute atomic E-state index is 12.9. The minimum atomic E-state index is -1.16. The van der Waals surface area contributed by atoms with Crippen LogP contribution >= 0.6 is 24.0 Å². The zero-order valence-electron chi connectivity index (χ0n) is 32.0. The number of aromatic hydroxyl groups is 1. The Kier molecular flexibility index (Phi) is 9.97. The largest absolute Gasteiger partial charge is 0.508 e. The van der Waals surface area contributed by atoms with Crippen molar-refractivity contribution in [2.75, 3.05) is 24.4 Å². The minimum Gasteiger partial charge on any atom is -0.508 e. The Morgan fingerprint density at radius 3 is 2.60 bits per heavy atom. The van der Waals surface area contributed by atoms with Gasteiger partial charge in [-0.05, 0) is 92.6 Å². The Morgan fingerprint density at radius 2 is 1.82 bits per heavy atom. The van der Waals surface area contributed by atoms with E-state index in [1.54, 1.807) is 36.7 Å². The predicted octanol–water partition coefficient (Wildman–Crippen LogP) is 8.33. The van der Waals surface area contributed by atoms with Crippen molar-refractivity contribution in [3.05, 3.63) is 107 Å². The Balaban J connectivity index is 0.980. The first-order valence-electron chi connectivity index (χ1n) is 18.8. The molecule has 3 aromatic carbocycles. The lowest BCUT2D eigenvalue weighted by Crippen LogP contribution is -2.40. The number of nitrogens with zero attached hydrogens (tertiary/aromatic N) is 5. The van der Waals surface area contributed by atoms with Gasteiger partial charge < -0.3 is 49.0 Å². The van der Waals surface area contributed by atoms with Crippen molar-refractivity contribution >= 4 is 68.6 Å². The Bertz CT molecular complexity index is 3000. The topological polar surface area (TPSA) is 204 Å². The van der Waals surface area contributed by atoms with E-state index in [1.165, 1.54) is 48.4 Å². The highest BCUT2D eigenvalue weighted by atomic mass is 32.2. The average Bonchev–Trinajstić information content (AvgIpc) is 3.99. The number of aromatic carboxylic acids is 1. The fraction of sp³-hybridized carbons (Fsp3) is 0.163. The van der Waals surface area contributed by atoms with E-state index in [-0.39, 0.29) is 35.3 Å². The van der Waals surface area contributed by atoms with Crippen LogP contribution < -0.4 is 26.0 Å². The Morgan fingerprint density at radius 1 is 1.00 bits per heavy atom. The quantitative estimate of drug-likeness (QED) is 0.0714. The monoisotopic (exact) mass is 841 g/mol. The van der Waals surface area contributed by atoms with Gasteiger partial charge in [0, 0.05) is 64.6 Å². The molecule has 15 nitrogen and oxygen atoms in total. The number of nitrogen functional groups attached to an aromatic ring is 1. The highest BCUT2D eigenvalue weighted by Crippen LogP contribution is 2.45. The van der Waals surface area contributed by atoms with Gasteiger partial charge in [0.15, 0.2) is 33.0 Å². The number of imidazole rings is 1. The van der Waals surface area contributed by atoms with Crippen molar-refractivity contribution < 1.29 is 33.3 Å². The number of hydrogen-bond acceptors (Lipinski definition) is 13. The standard InChI is InChI=1S/C43H35N7O8S2/c1-22(2)49(42(59)47-23-4-7-26(29(16-23)41(53)54)37-27-8-5-24(51)17-32(27)58-33-18-25(52)6-9-28(33)37)13-3-14-50-31-10-11-45-39(44)38(31)48-43(50)60-36-20-35-34(56-21-57-35)19-30(36)40-46-12-15-55-40/h4-12,15-20,22,51H,3,13-14,21H2,1-2H3,(H2,44,45)(H,47,59)(H,53,54). The summed E-state index contributed by atoms with van der Waals surface area (Å²) in [6.07, 6.45) is 5.40. The van der Waals surface area contributed by atoms with Crippen molar-refractivity contribution in [2.45, 2.75) is 42.9 Å². The molecule has 6 aromatic rings. The third-order valence-corrected chi connectivity index (χ3v) is 11.5. The van der Waals surface area contributed by atoms with Crippen molar-refractivity contribution in [1.82, 2.24) is 24.4 Å². The van der Waals surface area contributed by atoms with E-state index in [0.29, 0.717) is 91.9 Å². The number of oxazole rings is 1. The van der Waals surface area contributed by atoms with Gasteiger partial charge in [-0.1, -0.05) is 17.8 Å². The van der Waals surface area contributed by atoms with E-state index in [0.717, 1.165) is 16.0 Å².